The standard InChI is InChI=1S/C23H36N2O3.ClH/c1-22-8-5-14(25-28-15-7-10-24-13-15)11-19(22)20(26)12-16-17-3-4-21(27)23(17,2)9-6-18(16)22;/h15-20,24,26H,3-13H2,1-2H3;1H/b25-14+;/t15-,16-,17-,18-,19+,20-,22+,23-;/m0./s1. The molecule has 0 spiro atoms. The van der Waals surface area contributed by atoms with Crippen molar-refractivity contribution in [2.45, 2.75) is 83.8 Å². The number of ketones is 1. The van der Waals surface area contributed by atoms with E-state index < -0.39 is 0 Å². The van der Waals surface area contributed by atoms with Crippen molar-refractivity contribution in [1.29, 1.82) is 0 Å². The van der Waals surface area contributed by atoms with E-state index >= 15 is 0 Å². The zero-order valence-electron chi connectivity index (χ0n) is 17.9. The van der Waals surface area contributed by atoms with Gasteiger partial charge in [0.15, 0.2) is 0 Å². The van der Waals surface area contributed by atoms with E-state index in [0.717, 1.165) is 76.6 Å². The van der Waals surface area contributed by atoms with Crippen molar-refractivity contribution in [2.24, 2.45) is 39.7 Å². The Morgan fingerprint density at radius 2 is 1.93 bits per heavy atom. The first-order chi connectivity index (χ1) is 13.4. The van der Waals surface area contributed by atoms with E-state index in [1.165, 1.54) is 0 Å². The molecule has 1 heterocycles. The van der Waals surface area contributed by atoms with Gasteiger partial charge in [0.1, 0.15) is 11.9 Å². The van der Waals surface area contributed by atoms with E-state index in [-0.39, 0.29) is 41.4 Å². The zero-order valence-corrected chi connectivity index (χ0v) is 18.7. The summed E-state index contributed by atoms with van der Waals surface area (Å²) in [6.07, 6.45) is 8.80. The van der Waals surface area contributed by atoms with Gasteiger partial charge < -0.3 is 15.3 Å². The fourth-order valence-electron chi connectivity index (χ4n) is 7.82. The monoisotopic (exact) mass is 424 g/mol. The van der Waals surface area contributed by atoms with Crippen molar-refractivity contribution in [3.8, 4) is 0 Å². The number of aliphatic hydroxyl groups excluding tert-OH is 1. The fraction of sp³-hybridized carbons (Fsp3) is 0.913. The van der Waals surface area contributed by atoms with Crippen LogP contribution in [0.1, 0.15) is 71.6 Å². The Balaban J connectivity index is 0.00000205. The molecule has 164 valence electrons. The van der Waals surface area contributed by atoms with Crippen LogP contribution in [0, 0.1) is 34.5 Å². The Hall–Kier alpha value is -0.650. The van der Waals surface area contributed by atoms with Gasteiger partial charge in [0.05, 0.1) is 11.8 Å². The molecule has 29 heavy (non-hydrogen) atoms. The summed E-state index contributed by atoms with van der Waals surface area (Å²) >= 11 is 0. The fourth-order valence-corrected chi connectivity index (χ4v) is 7.82. The summed E-state index contributed by atoms with van der Waals surface area (Å²) in [5.74, 6) is 2.41. The minimum Gasteiger partial charge on any atom is -0.393 e. The van der Waals surface area contributed by atoms with Gasteiger partial charge in [-0.1, -0.05) is 19.0 Å². The number of halogens is 1. The number of rotatable bonds is 2. The number of nitrogens with zero attached hydrogens (tertiary/aromatic N) is 1. The highest BCUT2D eigenvalue weighted by molar-refractivity contribution is 5.87. The van der Waals surface area contributed by atoms with Gasteiger partial charge in [-0.25, -0.2) is 0 Å². The summed E-state index contributed by atoms with van der Waals surface area (Å²) in [7, 11) is 0. The van der Waals surface area contributed by atoms with Crippen LogP contribution < -0.4 is 5.32 Å². The first-order valence-electron chi connectivity index (χ1n) is 11.6. The third-order valence-electron chi connectivity index (χ3n) is 9.57. The van der Waals surface area contributed by atoms with Gasteiger partial charge in [-0.15, -0.1) is 12.4 Å². The lowest BCUT2D eigenvalue weighted by Gasteiger charge is -2.60. The quantitative estimate of drug-likeness (QED) is 0.662. The molecule has 0 aromatic rings. The number of carbonyl (C=O) groups excluding carboxylic acids is 1. The van der Waals surface area contributed by atoms with E-state index in [4.69, 9.17) is 4.84 Å². The van der Waals surface area contributed by atoms with Gasteiger partial charge in [-0.2, -0.15) is 0 Å². The minimum absolute atomic E-state index is 0. The van der Waals surface area contributed by atoms with Crippen LogP contribution in [-0.2, 0) is 9.63 Å². The Kier molecular flexibility index (Phi) is 5.80. The maximum Gasteiger partial charge on any atom is 0.141 e. The molecule has 0 bridgehead atoms. The summed E-state index contributed by atoms with van der Waals surface area (Å²) in [5, 5.41) is 19.0. The molecule has 8 atom stereocenters. The van der Waals surface area contributed by atoms with Gasteiger partial charge in [0.2, 0.25) is 0 Å². The minimum atomic E-state index is -0.275. The van der Waals surface area contributed by atoms with Gasteiger partial charge in [0.25, 0.3) is 0 Å². The highest BCUT2D eigenvalue weighted by atomic mass is 35.5. The van der Waals surface area contributed by atoms with Crippen molar-refractivity contribution in [2.75, 3.05) is 13.1 Å². The molecule has 0 radical (unpaired) electrons. The van der Waals surface area contributed by atoms with Crippen molar-refractivity contribution >= 4 is 23.9 Å². The Morgan fingerprint density at radius 1 is 1.10 bits per heavy atom. The third-order valence-corrected chi connectivity index (χ3v) is 9.57. The Morgan fingerprint density at radius 3 is 2.69 bits per heavy atom. The maximum absolute atomic E-state index is 12.6. The average molecular weight is 425 g/mol. The molecule has 0 amide bonds. The van der Waals surface area contributed by atoms with Gasteiger partial charge in [-0.05, 0) is 80.6 Å². The predicted molar refractivity (Wildman–Crippen MR) is 115 cm³/mol. The molecule has 5 nitrogen and oxygen atoms in total. The van der Waals surface area contributed by atoms with Crippen molar-refractivity contribution in [1.82, 2.24) is 5.32 Å². The number of fused-ring (bicyclic) bond motifs is 5. The average Bonchev–Trinajstić information content (AvgIpc) is 3.29. The van der Waals surface area contributed by atoms with Crippen LogP contribution in [0.15, 0.2) is 5.16 Å². The number of Topliss-reactive ketones (excluding diaryl/α,β-unsaturated/α-hetero) is 1. The smallest absolute Gasteiger partial charge is 0.141 e. The van der Waals surface area contributed by atoms with Crippen LogP contribution >= 0.6 is 12.4 Å². The second-order valence-corrected chi connectivity index (χ2v) is 10.8. The van der Waals surface area contributed by atoms with Crippen LogP contribution in [0.5, 0.6) is 0 Å². The highest BCUT2D eigenvalue weighted by Gasteiger charge is 2.61. The van der Waals surface area contributed by atoms with E-state index in [0.29, 0.717) is 23.5 Å². The zero-order chi connectivity index (χ0) is 19.5. The largest absolute Gasteiger partial charge is 0.393 e. The molecule has 5 aliphatic rings. The first kappa shape index (κ1) is 21.6. The number of aliphatic hydroxyl groups is 1. The van der Waals surface area contributed by atoms with Crippen LogP contribution in [0.3, 0.4) is 0 Å². The molecular weight excluding hydrogens is 388 g/mol. The number of nitrogens with one attached hydrogen (secondary N) is 1. The second-order valence-electron chi connectivity index (χ2n) is 10.8. The number of oxime groups is 1. The van der Waals surface area contributed by atoms with E-state index in [1.54, 1.807) is 0 Å². The van der Waals surface area contributed by atoms with Crippen molar-refractivity contribution < 1.29 is 14.7 Å². The molecule has 4 saturated carbocycles. The molecule has 1 saturated heterocycles. The normalized spacial score (nSPS) is 50.4. The SMILES string of the molecule is C[C@]12CC/C(=N\O[C@H]3CCNC3)C[C@@H]1[C@@H](O)C[C@@H]1[C@@H]2CC[C@]2(C)C(=O)CC[C@@H]12.Cl. The molecule has 6 heteroatoms. The number of hydrogen-bond acceptors (Lipinski definition) is 5. The lowest BCUT2D eigenvalue weighted by Crippen LogP contribution is -2.57. The summed E-state index contributed by atoms with van der Waals surface area (Å²) in [4.78, 5) is 18.4. The van der Waals surface area contributed by atoms with Crippen molar-refractivity contribution in [3.63, 3.8) is 0 Å². The maximum atomic E-state index is 12.6. The molecular formula is C23H37ClN2O3. The van der Waals surface area contributed by atoms with Crippen LogP contribution in [0.25, 0.3) is 0 Å². The number of hydrogen-bond donors (Lipinski definition) is 2. The summed E-state index contributed by atoms with van der Waals surface area (Å²) in [5.41, 5.74) is 1.20. The van der Waals surface area contributed by atoms with Crippen LogP contribution in [0.2, 0.25) is 0 Å². The molecule has 1 aliphatic heterocycles. The Labute approximate surface area is 180 Å². The highest BCUT2D eigenvalue weighted by Crippen LogP contribution is 2.65. The topological polar surface area (TPSA) is 70.9 Å². The molecule has 2 N–H and O–H groups in total. The van der Waals surface area contributed by atoms with E-state index in [2.05, 4.69) is 24.3 Å². The molecule has 4 aliphatic carbocycles. The Bertz CT molecular complexity index is 679. The molecule has 5 rings (SSSR count). The second kappa shape index (κ2) is 7.80. The summed E-state index contributed by atoms with van der Waals surface area (Å²) in [6.45, 7) is 6.55. The van der Waals surface area contributed by atoms with Gasteiger partial charge >= 0.3 is 0 Å². The molecule has 0 unspecified atom stereocenters. The van der Waals surface area contributed by atoms with Crippen LogP contribution in [-0.4, -0.2) is 41.9 Å². The van der Waals surface area contributed by atoms with Gasteiger partial charge in [0, 0.05) is 24.8 Å². The number of carbonyl (C=O) groups is 1. The first-order valence-corrected chi connectivity index (χ1v) is 11.6. The van der Waals surface area contributed by atoms with Crippen LogP contribution in [0.4, 0.5) is 0 Å². The van der Waals surface area contributed by atoms with E-state index in [9.17, 15) is 9.90 Å². The molecule has 5 fully saturated rings. The summed E-state index contributed by atoms with van der Waals surface area (Å²) in [6, 6.07) is 0. The molecule has 0 aromatic carbocycles. The van der Waals surface area contributed by atoms with Crippen molar-refractivity contribution in [3.05, 3.63) is 0 Å². The van der Waals surface area contributed by atoms with Gasteiger partial charge in [-0.3, -0.25) is 4.79 Å². The third kappa shape index (κ3) is 3.36. The lowest BCUT2D eigenvalue weighted by molar-refractivity contribution is -0.153. The molecule has 0 aromatic heterocycles. The summed E-state index contributed by atoms with van der Waals surface area (Å²) < 4.78 is 0. The lowest BCUT2D eigenvalue weighted by atomic mass is 9.44. The predicted octanol–water partition coefficient (Wildman–Crippen LogP) is 3.73. The van der Waals surface area contributed by atoms with E-state index in [1.807, 2.05) is 0 Å².